The molecule has 3 heterocycles. The largest absolute Gasteiger partial charge is 0.347 e. The van der Waals surface area contributed by atoms with Crippen LogP contribution in [-0.4, -0.2) is 19.5 Å². The monoisotopic (exact) mass is 287 g/mol. The fourth-order valence-electron chi connectivity index (χ4n) is 2.84. The average molecular weight is 288 g/mol. The maximum Gasteiger partial charge on any atom is 0.127 e. The number of nitrogens with one attached hydrogen (secondary N) is 2. The summed E-state index contributed by atoms with van der Waals surface area (Å²) in [5.74, 6) is 1.02. The van der Waals surface area contributed by atoms with Crippen molar-refractivity contribution in [3.05, 3.63) is 46.8 Å². The molecule has 4 rings (SSSR count). The Morgan fingerprint density at radius 1 is 1.40 bits per heavy atom. The molecule has 1 aliphatic heterocycles. The van der Waals surface area contributed by atoms with E-state index in [2.05, 4.69) is 19.9 Å². The summed E-state index contributed by atoms with van der Waals surface area (Å²) in [5, 5.41) is 4.24. The Kier molecular flexibility index (Phi) is 2.58. The van der Waals surface area contributed by atoms with Gasteiger partial charge in [0, 0.05) is 25.0 Å². The summed E-state index contributed by atoms with van der Waals surface area (Å²) in [7, 11) is 2.03. The van der Waals surface area contributed by atoms with Gasteiger partial charge in [0.1, 0.15) is 5.82 Å². The molecule has 0 radical (unpaired) electrons. The Bertz CT molecular complexity index is 788. The average Bonchev–Trinajstić information content (AvgIpc) is 3.03. The van der Waals surface area contributed by atoms with Gasteiger partial charge in [-0.05, 0) is 18.2 Å². The number of hydrogen-bond acceptors (Lipinski definition) is 3. The van der Waals surface area contributed by atoms with Crippen molar-refractivity contribution in [1.82, 2.24) is 24.8 Å². The number of hydrogen-bond donors (Lipinski definition) is 2. The number of aryl methyl sites for hydroxylation is 1. The van der Waals surface area contributed by atoms with Gasteiger partial charge >= 0.3 is 0 Å². The van der Waals surface area contributed by atoms with Crippen LogP contribution in [0.15, 0.2) is 24.5 Å². The molecule has 0 saturated heterocycles. The lowest BCUT2D eigenvalue weighted by molar-refractivity contribution is 0.459. The highest BCUT2D eigenvalue weighted by Crippen LogP contribution is 2.27. The quantitative estimate of drug-likeness (QED) is 0.722. The maximum atomic E-state index is 6.07. The topological polar surface area (TPSA) is 58.5 Å². The van der Waals surface area contributed by atoms with E-state index in [1.165, 1.54) is 5.69 Å². The Morgan fingerprint density at radius 2 is 2.30 bits per heavy atom. The van der Waals surface area contributed by atoms with Gasteiger partial charge < -0.3 is 14.9 Å². The summed E-state index contributed by atoms with van der Waals surface area (Å²) in [6, 6.07) is 5.97. The van der Waals surface area contributed by atoms with Crippen molar-refractivity contribution in [3.8, 4) is 0 Å². The smallest absolute Gasteiger partial charge is 0.127 e. The second kappa shape index (κ2) is 4.33. The van der Waals surface area contributed by atoms with Crippen molar-refractivity contribution in [2.45, 2.75) is 19.0 Å². The van der Waals surface area contributed by atoms with Gasteiger partial charge in [0.15, 0.2) is 0 Å². The number of benzene rings is 1. The van der Waals surface area contributed by atoms with Crippen molar-refractivity contribution >= 4 is 22.6 Å². The first kappa shape index (κ1) is 11.9. The Morgan fingerprint density at radius 3 is 3.20 bits per heavy atom. The summed E-state index contributed by atoms with van der Waals surface area (Å²) in [4.78, 5) is 12.3. The van der Waals surface area contributed by atoms with Crippen LogP contribution in [0.1, 0.15) is 23.3 Å². The summed E-state index contributed by atoms with van der Waals surface area (Å²) in [5.41, 5.74) is 4.32. The zero-order chi connectivity index (χ0) is 13.7. The summed E-state index contributed by atoms with van der Waals surface area (Å²) in [6.07, 6.45) is 2.60. The van der Waals surface area contributed by atoms with E-state index in [-0.39, 0.29) is 6.04 Å². The fraction of sp³-hybridized carbons (Fsp3) is 0.286. The van der Waals surface area contributed by atoms with Crippen LogP contribution in [0.3, 0.4) is 0 Å². The number of H-pyrrole nitrogens is 1. The van der Waals surface area contributed by atoms with E-state index in [9.17, 15) is 0 Å². The molecule has 20 heavy (non-hydrogen) atoms. The van der Waals surface area contributed by atoms with Gasteiger partial charge in [-0.15, -0.1) is 0 Å². The highest BCUT2D eigenvalue weighted by atomic mass is 35.5. The van der Waals surface area contributed by atoms with Gasteiger partial charge in [-0.1, -0.05) is 11.6 Å². The number of fused-ring (bicyclic) bond motifs is 2. The van der Waals surface area contributed by atoms with Crippen LogP contribution in [0.4, 0.5) is 0 Å². The van der Waals surface area contributed by atoms with E-state index in [1.807, 2.05) is 25.2 Å². The number of imidazole rings is 2. The zero-order valence-electron chi connectivity index (χ0n) is 11.0. The molecule has 0 saturated carbocycles. The molecule has 1 atom stereocenters. The predicted molar refractivity (Wildman–Crippen MR) is 77.6 cm³/mol. The molecular formula is C14H14ClN5. The maximum absolute atomic E-state index is 6.07. The molecule has 0 spiro atoms. The van der Waals surface area contributed by atoms with E-state index in [1.54, 1.807) is 6.33 Å². The summed E-state index contributed by atoms with van der Waals surface area (Å²) >= 11 is 6.07. The van der Waals surface area contributed by atoms with Crippen molar-refractivity contribution in [2.75, 3.05) is 0 Å². The molecule has 0 aliphatic carbocycles. The summed E-state index contributed by atoms with van der Waals surface area (Å²) < 4.78 is 2.11. The highest BCUT2D eigenvalue weighted by molar-refractivity contribution is 6.31. The molecule has 5 nitrogen and oxygen atoms in total. The molecule has 2 aromatic heterocycles. The Labute approximate surface area is 121 Å². The standard InChI is InChI=1S/C14H14ClN5/c1-20-13-4-8(15)2-3-9(13)19-14(20)11-5-10-12(6-16-11)18-7-17-10/h2-4,7,11,16H,5-6H2,1H3,(H,17,18). The van der Waals surface area contributed by atoms with E-state index < -0.39 is 0 Å². The number of halogens is 1. The number of aromatic nitrogens is 4. The zero-order valence-corrected chi connectivity index (χ0v) is 11.8. The second-order valence-electron chi connectivity index (χ2n) is 5.13. The molecule has 1 aliphatic rings. The molecule has 2 N–H and O–H groups in total. The van der Waals surface area contributed by atoms with Crippen LogP contribution in [-0.2, 0) is 20.0 Å². The minimum absolute atomic E-state index is 0.182. The van der Waals surface area contributed by atoms with Gasteiger partial charge in [0.05, 0.1) is 34.8 Å². The third-order valence-electron chi connectivity index (χ3n) is 3.92. The molecule has 3 aromatic rings. The van der Waals surface area contributed by atoms with Crippen molar-refractivity contribution in [1.29, 1.82) is 0 Å². The SMILES string of the molecule is Cn1c(C2Cc3nc[nH]c3CN2)nc2ccc(Cl)cc21. The third-order valence-corrected chi connectivity index (χ3v) is 4.15. The minimum atomic E-state index is 0.182. The van der Waals surface area contributed by atoms with Crippen LogP contribution < -0.4 is 5.32 Å². The van der Waals surface area contributed by atoms with E-state index in [0.29, 0.717) is 0 Å². The molecule has 1 unspecified atom stereocenters. The Balaban J connectivity index is 1.78. The van der Waals surface area contributed by atoms with Crippen LogP contribution in [0.5, 0.6) is 0 Å². The predicted octanol–water partition coefficient (Wildman–Crippen LogP) is 2.34. The van der Waals surface area contributed by atoms with Crippen LogP contribution >= 0.6 is 11.6 Å². The molecule has 0 amide bonds. The van der Waals surface area contributed by atoms with E-state index in [0.717, 1.165) is 40.5 Å². The third kappa shape index (κ3) is 1.74. The van der Waals surface area contributed by atoms with E-state index >= 15 is 0 Å². The normalized spacial score (nSPS) is 18.4. The van der Waals surface area contributed by atoms with Crippen molar-refractivity contribution in [3.63, 3.8) is 0 Å². The first-order valence-corrected chi connectivity index (χ1v) is 6.96. The van der Waals surface area contributed by atoms with Gasteiger partial charge in [-0.25, -0.2) is 9.97 Å². The molecule has 0 fully saturated rings. The minimum Gasteiger partial charge on any atom is -0.347 e. The number of aromatic amines is 1. The first-order chi connectivity index (χ1) is 9.72. The molecular weight excluding hydrogens is 274 g/mol. The lowest BCUT2D eigenvalue weighted by Crippen LogP contribution is -2.30. The highest BCUT2D eigenvalue weighted by Gasteiger charge is 2.25. The molecule has 0 bridgehead atoms. The van der Waals surface area contributed by atoms with Gasteiger partial charge in [0.25, 0.3) is 0 Å². The van der Waals surface area contributed by atoms with Crippen molar-refractivity contribution < 1.29 is 0 Å². The Hall–Kier alpha value is -1.85. The van der Waals surface area contributed by atoms with Gasteiger partial charge in [-0.2, -0.15) is 0 Å². The first-order valence-electron chi connectivity index (χ1n) is 6.59. The van der Waals surface area contributed by atoms with Crippen LogP contribution in [0.2, 0.25) is 5.02 Å². The number of rotatable bonds is 1. The summed E-state index contributed by atoms with van der Waals surface area (Å²) in [6.45, 7) is 0.796. The molecule has 1 aromatic carbocycles. The lowest BCUT2D eigenvalue weighted by atomic mass is 10.1. The lowest BCUT2D eigenvalue weighted by Gasteiger charge is -2.22. The fourth-order valence-corrected chi connectivity index (χ4v) is 3.01. The number of nitrogens with zero attached hydrogens (tertiary/aromatic N) is 3. The van der Waals surface area contributed by atoms with Crippen molar-refractivity contribution in [2.24, 2.45) is 7.05 Å². The molecule has 102 valence electrons. The van der Waals surface area contributed by atoms with Crippen LogP contribution in [0.25, 0.3) is 11.0 Å². The second-order valence-corrected chi connectivity index (χ2v) is 5.56. The molecule has 6 heteroatoms. The van der Waals surface area contributed by atoms with Gasteiger partial charge in [-0.3, -0.25) is 0 Å². The van der Waals surface area contributed by atoms with Gasteiger partial charge in [0.2, 0.25) is 0 Å². The van der Waals surface area contributed by atoms with E-state index in [4.69, 9.17) is 16.6 Å². The van der Waals surface area contributed by atoms with Crippen LogP contribution in [0, 0.1) is 0 Å².